The minimum Gasteiger partial charge on any atom is -0.275 e. The van der Waals surface area contributed by atoms with E-state index in [1.807, 2.05) is 0 Å². The minimum atomic E-state index is -0.480. The zero-order valence-electron chi connectivity index (χ0n) is 7.34. The maximum Gasteiger partial charge on any atom is 0.314 e. The van der Waals surface area contributed by atoms with Crippen molar-refractivity contribution in [3.05, 3.63) is 28.7 Å². The number of nitro groups is 1. The summed E-state index contributed by atoms with van der Waals surface area (Å²) >= 11 is 0. The van der Waals surface area contributed by atoms with Crippen molar-refractivity contribution in [2.24, 2.45) is 7.05 Å². The van der Waals surface area contributed by atoms with Crippen molar-refractivity contribution in [3.63, 3.8) is 0 Å². The quantitative estimate of drug-likeness (QED) is 0.562. The molecule has 2 rings (SSSR count). The molecule has 0 atom stereocenters. The summed E-state index contributed by atoms with van der Waals surface area (Å²) in [5.41, 5.74) is 0.984. The first-order chi connectivity index (χ1) is 6.68. The van der Waals surface area contributed by atoms with Crippen molar-refractivity contribution in [3.8, 4) is 11.3 Å². The molecule has 0 aliphatic heterocycles. The molecule has 2 heterocycles. The normalized spacial score (nSPS) is 10.4. The van der Waals surface area contributed by atoms with Crippen LogP contribution < -0.4 is 0 Å². The van der Waals surface area contributed by atoms with Crippen molar-refractivity contribution in [2.75, 3.05) is 0 Å². The molecule has 2 aromatic heterocycles. The van der Waals surface area contributed by atoms with E-state index in [0.29, 0.717) is 11.3 Å². The predicted molar refractivity (Wildman–Crippen MR) is 47.4 cm³/mol. The number of H-pyrrole nitrogens is 1. The topological polar surface area (TPSA) is 89.6 Å². The average molecular weight is 193 g/mol. The molecular weight excluding hydrogens is 186 g/mol. The van der Waals surface area contributed by atoms with Gasteiger partial charge >= 0.3 is 5.69 Å². The van der Waals surface area contributed by atoms with Gasteiger partial charge in [0.15, 0.2) is 0 Å². The lowest BCUT2D eigenvalue weighted by atomic mass is 10.2. The molecule has 0 aromatic carbocycles. The van der Waals surface area contributed by atoms with Gasteiger partial charge in [-0.25, -0.2) is 0 Å². The van der Waals surface area contributed by atoms with Crippen molar-refractivity contribution in [1.82, 2.24) is 20.0 Å². The number of aromatic nitrogens is 4. The molecular formula is C7H7N5O2. The standard InChI is InChI=1S/C7H7N5O2/c1-11-4-5(2-9-11)7-6(12(13)14)3-8-10-7/h2-4H,1H3,(H,8,10). The fourth-order valence-electron chi connectivity index (χ4n) is 1.18. The highest BCUT2D eigenvalue weighted by molar-refractivity contribution is 5.67. The summed E-state index contributed by atoms with van der Waals surface area (Å²) in [5.74, 6) is 0. The molecule has 0 spiro atoms. The first-order valence-electron chi connectivity index (χ1n) is 3.85. The third-order valence-electron chi connectivity index (χ3n) is 1.81. The Balaban J connectivity index is 2.51. The predicted octanol–water partition coefficient (Wildman–Crippen LogP) is 0.718. The van der Waals surface area contributed by atoms with Crippen molar-refractivity contribution in [2.45, 2.75) is 0 Å². The highest BCUT2D eigenvalue weighted by atomic mass is 16.6. The first kappa shape index (κ1) is 8.42. The number of nitrogens with one attached hydrogen (secondary N) is 1. The fourth-order valence-corrected chi connectivity index (χ4v) is 1.18. The molecule has 0 aliphatic rings. The second-order valence-electron chi connectivity index (χ2n) is 2.79. The summed E-state index contributed by atoms with van der Waals surface area (Å²) in [6.07, 6.45) is 4.41. The Morgan fingerprint density at radius 1 is 1.57 bits per heavy atom. The van der Waals surface area contributed by atoms with Crippen LogP contribution in [0.25, 0.3) is 11.3 Å². The van der Waals surface area contributed by atoms with Gasteiger partial charge in [-0.3, -0.25) is 19.9 Å². The number of aromatic amines is 1. The number of nitrogens with zero attached hydrogens (tertiary/aromatic N) is 4. The van der Waals surface area contributed by atoms with Gasteiger partial charge in [-0.05, 0) is 0 Å². The molecule has 2 aromatic rings. The second kappa shape index (κ2) is 2.95. The van der Waals surface area contributed by atoms with Crippen LogP contribution in [0.5, 0.6) is 0 Å². The number of aryl methyl sites for hydroxylation is 1. The van der Waals surface area contributed by atoms with E-state index in [9.17, 15) is 10.1 Å². The largest absolute Gasteiger partial charge is 0.314 e. The van der Waals surface area contributed by atoms with Crippen LogP contribution in [0.3, 0.4) is 0 Å². The molecule has 0 fully saturated rings. The van der Waals surface area contributed by atoms with E-state index in [1.165, 1.54) is 6.20 Å². The Morgan fingerprint density at radius 2 is 2.36 bits per heavy atom. The molecule has 7 heteroatoms. The van der Waals surface area contributed by atoms with Crippen molar-refractivity contribution in [1.29, 1.82) is 0 Å². The van der Waals surface area contributed by atoms with E-state index in [4.69, 9.17) is 0 Å². The monoisotopic (exact) mass is 193 g/mol. The lowest BCUT2D eigenvalue weighted by molar-refractivity contribution is -0.384. The Bertz CT molecular complexity index is 472. The molecule has 0 bridgehead atoms. The van der Waals surface area contributed by atoms with Gasteiger partial charge in [-0.2, -0.15) is 10.2 Å². The molecule has 0 unspecified atom stereocenters. The molecule has 0 saturated carbocycles. The molecule has 0 radical (unpaired) electrons. The molecule has 0 saturated heterocycles. The van der Waals surface area contributed by atoms with Crippen LogP contribution in [0, 0.1) is 10.1 Å². The number of hydrogen-bond donors (Lipinski definition) is 1. The summed E-state index contributed by atoms with van der Waals surface area (Å²) < 4.78 is 1.57. The zero-order valence-corrected chi connectivity index (χ0v) is 7.34. The Kier molecular flexibility index (Phi) is 1.77. The zero-order chi connectivity index (χ0) is 10.1. The van der Waals surface area contributed by atoms with E-state index >= 15 is 0 Å². The van der Waals surface area contributed by atoms with Crippen molar-refractivity contribution >= 4 is 5.69 Å². The summed E-state index contributed by atoms with van der Waals surface area (Å²) in [7, 11) is 1.74. The molecule has 7 nitrogen and oxygen atoms in total. The van der Waals surface area contributed by atoms with Gasteiger partial charge in [0.1, 0.15) is 11.9 Å². The smallest absolute Gasteiger partial charge is 0.275 e. The van der Waals surface area contributed by atoms with Crippen LogP contribution in [0.15, 0.2) is 18.6 Å². The SMILES string of the molecule is Cn1cc(-c2[nH]ncc2[N+](=O)[O-])cn1. The summed E-state index contributed by atoms with van der Waals surface area (Å²) in [6.45, 7) is 0. The van der Waals surface area contributed by atoms with Crippen LogP contribution in [0.2, 0.25) is 0 Å². The maximum absolute atomic E-state index is 10.6. The number of hydrogen-bond acceptors (Lipinski definition) is 4. The summed E-state index contributed by atoms with van der Waals surface area (Å²) in [5, 5.41) is 20.7. The first-order valence-corrected chi connectivity index (χ1v) is 3.85. The number of rotatable bonds is 2. The highest BCUT2D eigenvalue weighted by Gasteiger charge is 2.18. The maximum atomic E-state index is 10.6. The van der Waals surface area contributed by atoms with Crippen LogP contribution in [0.4, 0.5) is 5.69 Å². The summed E-state index contributed by atoms with van der Waals surface area (Å²) in [6, 6.07) is 0. The highest BCUT2D eigenvalue weighted by Crippen LogP contribution is 2.25. The van der Waals surface area contributed by atoms with Crippen molar-refractivity contribution < 1.29 is 4.92 Å². The Morgan fingerprint density at radius 3 is 2.93 bits per heavy atom. The molecule has 14 heavy (non-hydrogen) atoms. The minimum absolute atomic E-state index is 0.0435. The van der Waals surface area contributed by atoms with E-state index in [0.717, 1.165) is 0 Å². The molecule has 1 N–H and O–H groups in total. The molecule has 72 valence electrons. The molecule has 0 amide bonds. The average Bonchev–Trinajstić information content (AvgIpc) is 2.70. The fraction of sp³-hybridized carbons (Fsp3) is 0.143. The lowest BCUT2D eigenvalue weighted by Gasteiger charge is -1.90. The van der Waals surface area contributed by atoms with Gasteiger partial charge in [0.05, 0.1) is 11.1 Å². The van der Waals surface area contributed by atoms with Crippen LogP contribution in [0.1, 0.15) is 0 Å². The van der Waals surface area contributed by atoms with E-state index in [-0.39, 0.29) is 5.69 Å². The Labute approximate surface area is 78.5 Å². The Hall–Kier alpha value is -2.18. The summed E-state index contributed by atoms with van der Waals surface area (Å²) in [4.78, 5) is 10.1. The van der Waals surface area contributed by atoms with Crippen LogP contribution in [-0.2, 0) is 7.05 Å². The van der Waals surface area contributed by atoms with Gasteiger partial charge in [0.2, 0.25) is 0 Å². The third-order valence-corrected chi connectivity index (χ3v) is 1.81. The van der Waals surface area contributed by atoms with Crippen LogP contribution in [-0.4, -0.2) is 24.9 Å². The van der Waals surface area contributed by atoms with Crippen LogP contribution >= 0.6 is 0 Å². The third kappa shape index (κ3) is 1.24. The van der Waals surface area contributed by atoms with Gasteiger partial charge in [0.25, 0.3) is 0 Å². The van der Waals surface area contributed by atoms with Gasteiger partial charge < -0.3 is 0 Å². The molecule has 0 aliphatic carbocycles. The van der Waals surface area contributed by atoms with Gasteiger partial charge in [0, 0.05) is 18.8 Å². The van der Waals surface area contributed by atoms with E-state index in [2.05, 4.69) is 15.3 Å². The van der Waals surface area contributed by atoms with E-state index < -0.39 is 4.92 Å². The van der Waals surface area contributed by atoms with Gasteiger partial charge in [-0.1, -0.05) is 0 Å². The lowest BCUT2D eigenvalue weighted by Crippen LogP contribution is -1.88. The van der Waals surface area contributed by atoms with E-state index in [1.54, 1.807) is 24.1 Å². The van der Waals surface area contributed by atoms with Gasteiger partial charge in [-0.15, -0.1) is 0 Å². The second-order valence-corrected chi connectivity index (χ2v) is 2.79.